The van der Waals surface area contributed by atoms with Crippen LogP contribution in [0.25, 0.3) is 0 Å². The van der Waals surface area contributed by atoms with E-state index in [0.717, 1.165) is 0 Å². The summed E-state index contributed by atoms with van der Waals surface area (Å²) in [6.07, 6.45) is -5.07. The van der Waals surface area contributed by atoms with Crippen molar-refractivity contribution >= 4 is 0 Å². The van der Waals surface area contributed by atoms with Gasteiger partial charge in [-0.1, -0.05) is 12.1 Å². The fraction of sp³-hybridized carbons (Fsp3) is 0.500. The van der Waals surface area contributed by atoms with Crippen molar-refractivity contribution in [3.05, 3.63) is 35.6 Å². The van der Waals surface area contributed by atoms with Gasteiger partial charge in [0.2, 0.25) is 0 Å². The number of nitrogens with zero attached hydrogens (tertiary/aromatic N) is 1. The van der Waals surface area contributed by atoms with Crippen molar-refractivity contribution in [1.82, 2.24) is 4.90 Å². The van der Waals surface area contributed by atoms with Crippen LogP contribution >= 0.6 is 0 Å². The first-order valence-corrected chi connectivity index (χ1v) is 5.56. The van der Waals surface area contributed by atoms with Gasteiger partial charge in [0.15, 0.2) is 0 Å². The summed E-state index contributed by atoms with van der Waals surface area (Å²) in [6.45, 7) is 0.0444. The van der Waals surface area contributed by atoms with Crippen LogP contribution in [0.5, 0.6) is 0 Å². The highest BCUT2D eigenvalue weighted by Crippen LogP contribution is 2.23. The van der Waals surface area contributed by atoms with Gasteiger partial charge in [0.1, 0.15) is 5.82 Å². The first kappa shape index (κ1) is 14.9. The summed E-state index contributed by atoms with van der Waals surface area (Å²) in [7, 11) is 1.58. The molecule has 0 spiro atoms. The highest BCUT2D eigenvalue weighted by atomic mass is 19.4. The lowest BCUT2D eigenvalue weighted by molar-refractivity contribution is -0.138. The smallest absolute Gasteiger partial charge is 0.329 e. The maximum atomic E-state index is 12.8. The third kappa shape index (κ3) is 4.62. The Morgan fingerprint density at radius 2 is 1.78 bits per heavy atom. The van der Waals surface area contributed by atoms with E-state index < -0.39 is 12.6 Å². The molecule has 0 heterocycles. The fourth-order valence-corrected chi connectivity index (χ4v) is 1.71. The van der Waals surface area contributed by atoms with Crippen molar-refractivity contribution in [2.45, 2.75) is 18.6 Å². The van der Waals surface area contributed by atoms with E-state index >= 15 is 0 Å². The lowest BCUT2D eigenvalue weighted by atomic mass is 10.1. The molecular formula is C12H16F4N2. The van der Waals surface area contributed by atoms with Crippen molar-refractivity contribution in [2.24, 2.45) is 5.73 Å². The molecule has 0 aliphatic carbocycles. The molecule has 2 N–H and O–H groups in total. The molecule has 1 rings (SSSR count). The van der Waals surface area contributed by atoms with Gasteiger partial charge >= 0.3 is 6.18 Å². The van der Waals surface area contributed by atoms with Gasteiger partial charge in [-0.3, -0.25) is 4.90 Å². The van der Waals surface area contributed by atoms with Crippen molar-refractivity contribution in [3.63, 3.8) is 0 Å². The van der Waals surface area contributed by atoms with E-state index in [0.29, 0.717) is 5.56 Å². The second-order valence-electron chi connectivity index (χ2n) is 4.15. The van der Waals surface area contributed by atoms with Gasteiger partial charge in [0.25, 0.3) is 0 Å². The van der Waals surface area contributed by atoms with Crippen LogP contribution in [0.4, 0.5) is 17.6 Å². The highest BCUT2D eigenvalue weighted by Gasteiger charge is 2.28. The standard InChI is InChI=1S/C12H16F4N2/c1-18(7-6-12(14,15)16)11(8-17)9-2-4-10(13)5-3-9/h2-5,11H,6-8,17H2,1H3. The molecule has 102 valence electrons. The highest BCUT2D eigenvalue weighted by molar-refractivity contribution is 5.20. The number of rotatable bonds is 5. The molecule has 1 unspecified atom stereocenters. The largest absolute Gasteiger partial charge is 0.390 e. The molecule has 0 aliphatic rings. The van der Waals surface area contributed by atoms with E-state index in [4.69, 9.17) is 5.73 Å². The summed E-state index contributed by atoms with van der Waals surface area (Å²) in [6, 6.07) is 5.28. The molecule has 0 amide bonds. The number of likely N-dealkylation sites (N-methyl/N-ethyl adjacent to an activating group) is 1. The Balaban J connectivity index is 2.68. The SMILES string of the molecule is CN(CCC(F)(F)F)C(CN)c1ccc(F)cc1. The second-order valence-corrected chi connectivity index (χ2v) is 4.15. The summed E-state index contributed by atoms with van der Waals surface area (Å²) >= 11 is 0. The van der Waals surface area contributed by atoms with E-state index in [1.807, 2.05) is 0 Å². The summed E-state index contributed by atoms with van der Waals surface area (Å²) in [5.74, 6) is -0.382. The van der Waals surface area contributed by atoms with E-state index in [-0.39, 0.29) is 24.9 Å². The van der Waals surface area contributed by atoms with Crippen molar-refractivity contribution in [2.75, 3.05) is 20.1 Å². The molecule has 2 nitrogen and oxygen atoms in total. The third-order valence-electron chi connectivity index (χ3n) is 2.76. The van der Waals surface area contributed by atoms with Crippen molar-refractivity contribution in [3.8, 4) is 0 Å². The zero-order valence-corrected chi connectivity index (χ0v) is 10.0. The maximum absolute atomic E-state index is 12.8. The van der Waals surface area contributed by atoms with Gasteiger partial charge in [-0.05, 0) is 24.7 Å². The van der Waals surface area contributed by atoms with E-state index in [9.17, 15) is 17.6 Å². The van der Waals surface area contributed by atoms with Gasteiger partial charge in [-0.15, -0.1) is 0 Å². The Kier molecular flexibility index (Phi) is 5.10. The van der Waals surface area contributed by atoms with Gasteiger partial charge < -0.3 is 5.73 Å². The molecule has 1 aromatic carbocycles. The lowest BCUT2D eigenvalue weighted by Crippen LogP contribution is -2.33. The zero-order valence-electron chi connectivity index (χ0n) is 10.0. The molecule has 18 heavy (non-hydrogen) atoms. The Hall–Kier alpha value is -1.14. The van der Waals surface area contributed by atoms with E-state index in [1.165, 1.54) is 29.2 Å². The molecule has 0 bridgehead atoms. The summed E-state index contributed by atoms with van der Waals surface area (Å²) in [5, 5.41) is 0. The van der Waals surface area contributed by atoms with Gasteiger partial charge in [-0.25, -0.2) is 4.39 Å². The van der Waals surface area contributed by atoms with E-state index in [1.54, 1.807) is 7.05 Å². The summed E-state index contributed by atoms with van der Waals surface area (Å²) < 4.78 is 49.2. The van der Waals surface area contributed by atoms with Gasteiger partial charge in [-0.2, -0.15) is 13.2 Å². The van der Waals surface area contributed by atoms with Crippen LogP contribution < -0.4 is 5.73 Å². The molecule has 0 radical (unpaired) electrons. The molecule has 0 fully saturated rings. The molecule has 0 saturated carbocycles. The number of halogens is 4. The summed E-state index contributed by atoms with van der Waals surface area (Å²) in [4.78, 5) is 1.53. The topological polar surface area (TPSA) is 29.3 Å². The van der Waals surface area contributed by atoms with Crippen LogP contribution in [-0.4, -0.2) is 31.2 Å². The minimum absolute atomic E-state index is 0.136. The lowest BCUT2D eigenvalue weighted by Gasteiger charge is -2.27. The van der Waals surface area contributed by atoms with Crippen LogP contribution in [0.1, 0.15) is 18.0 Å². The second kappa shape index (κ2) is 6.15. The molecular weight excluding hydrogens is 248 g/mol. The van der Waals surface area contributed by atoms with Gasteiger partial charge in [0.05, 0.1) is 6.42 Å². The monoisotopic (exact) mass is 264 g/mol. The Morgan fingerprint density at radius 1 is 1.22 bits per heavy atom. The minimum atomic E-state index is -4.18. The molecule has 0 saturated heterocycles. The van der Waals surface area contributed by atoms with Crippen LogP contribution in [0.3, 0.4) is 0 Å². The Morgan fingerprint density at radius 3 is 2.22 bits per heavy atom. The molecule has 1 atom stereocenters. The quantitative estimate of drug-likeness (QED) is 0.828. The zero-order chi connectivity index (χ0) is 13.8. The molecule has 0 aliphatic heterocycles. The molecule has 6 heteroatoms. The van der Waals surface area contributed by atoms with E-state index in [2.05, 4.69) is 0 Å². The Bertz CT molecular complexity index is 361. The van der Waals surface area contributed by atoms with Gasteiger partial charge in [0, 0.05) is 19.1 Å². The average molecular weight is 264 g/mol. The van der Waals surface area contributed by atoms with Crippen LogP contribution in [0.2, 0.25) is 0 Å². The summed E-state index contributed by atoms with van der Waals surface area (Å²) in [5.41, 5.74) is 6.28. The maximum Gasteiger partial charge on any atom is 0.390 e. The fourth-order valence-electron chi connectivity index (χ4n) is 1.71. The number of hydrogen-bond acceptors (Lipinski definition) is 2. The number of benzene rings is 1. The first-order chi connectivity index (χ1) is 8.33. The average Bonchev–Trinajstić information content (AvgIpc) is 2.29. The minimum Gasteiger partial charge on any atom is -0.329 e. The van der Waals surface area contributed by atoms with Crippen molar-refractivity contribution < 1.29 is 17.6 Å². The van der Waals surface area contributed by atoms with Crippen LogP contribution in [-0.2, 0) is 0 Å². The number of hydrogen-bond donors (Lipinski definition) is 1. The number of nitrogens with two attached hydrogens (primary N) is 1. The normalized spacial score (nSPS) is 13.9. The third-order valence-corrected chi connectivity index (χ3v) is 2.76. The van der Waals surface area contributed by atoms with Crippen LogP contribution in [0, 0.1) is 5.82 Å². The Labute approximate surface area is 103 Å². The predicted molar refractivity (Wildman–Crippen MR) is 61.5 cm³/mol. The first-order valence-electron chi connectivity index (χ1n) is 5.56. The molecule has 0 aromatic heterocycles. The van der Waals surface area contributed by atoms with Crippen molar-refractivity contribution in [1.29, 1.82) is 0 Å². The van der Waals surface area contributed by atoms with Crippen LogP contribution in [0.15, 0.2) is 24.3 Å². The number of alkyl halides is 3. The molecule has 1 aromatic rings. The predicted octanol–water partition coefficient (Wildman–Crippen LogP) is 2.71.